The summed E-state index contributed by atoms with van der Waals surface area (Å²) in [4.78, 5) is 2.46. The van der Waals surface area contributed by atoms with Gasteiger partial charge in [0, 0.05) is 31.4 Å². The molecule has 1 N–H and O–H groups in total. The van der Waals surface area contributed by atoms with E-state index in [-0.39, 0.29) is 11.7 Å². The lowest BCUT2D eigenvalue weighted by atomic mass is 10.0. The van der Waals surface area contributed by atoms with Crippen LogP contribution in [0.1, 0.15) is 44.7 Å². The van der Waals surface area contributed by atoms with Gasteiger partial charge in [-0.1, -0.05) is 6.07 Å². The number of aryl methyl sites for hydroxylation is 1. The Morgan fingerprint density at radius 3 is 2.71 bits per heavy atom. The first-order valence-electron chi connectivity index (χ1n) is 8.19. The molecule has 1 aromatic rings. The van der Waals surface area contributed by atoms with Crippen LogP contribution < -0.4 is 10.2 Å². The summed E-state index contributed by atoms with van der Waals surface area (Å²) in [5, 5.41) is 3.60. The first-order valence-corrected chi connectivity index (χ1v) is 8.19. The summed E-state index contributed by atoms with van der Waals surface area (Å²) in [7, 11) is 0. The van der Waals surface area contributed by atoms with Crippen LogP contribution in [0, 0.1) is 6.92 Å². The molecule has 1 saturated heterocycles. The van der Waals surface area contributed by atoms with E-state index in [4.69, 9.17) is 4.74 Å². The molecule has 3 heteroatoms. The van der Waals surface area contributed by atoms with Gasteiger partial charge in [0.15, 0.2) is 0 Å². The number of hydrogen-bond donors (Lipinski definition) is 1. The van der Waals surface area contributed by atoms with Crippen molar-refractivity contribution < 1.29 is 4.74 Å². The number of rotatable bonds is 4. The number of nitrogens with one attached hydrogen (secondary N) is 1. The SMILES string of the molecule is Cc1cc(N2CC(C)OC(C)(C)C2)ccc1CNC1CC1. The van der Waals surface area contributed by atoms with Gasteiger partial charge in [-0.25, -0.2) is 0 Å². The van der Waals surface area contributed by atoms with E-state index in [1.165, 1.54) is 29.7 Å². The number of morpholine rings is 1. The van der Waals surface area contributed by atoms with E-state index < -0.39 is 0 Å². The molecule has 0 radical (unpaired) electrons. The third-order valence-electron chi connectivity index (χ3n) is 4.42. The van der Waals surface area contributed by atoms with Gasteiger partial charge in [-0.05, 0) is 63.8 Å². The first-order chi connectivity index (χ1) is 9.93. The van der Waals surface area contributed by atoms with E-state index in [0.717, 1.165) is 25.7 Å². The highest BCUT2D eigenvalue weighted by atomic mass is 16.5. The van der Waals surface area contributed by atoms with Gasteiger partial charge in [0.05, 0.1) is 11.7 Å². The molecule has 2 fully saturated rings. The lowest BCUT2D eigenvalue weighted by molar-refractivity contribution is -0.0749. The van der Waals surface area contributed by atoms with Crippen molar-refractivity contribution in [2.45, 2.75) is 64.8 Å². The lowest BCUT2D eigenvalue weighted by Crippen LogP contribution is -2.52. The van der Waals surface area contributed by atoms with E-state index in [1.807, 2.05) is 0 Å². The Kier molecular flexibility index (Phi) is 3.98. The van der Waals surface area contributed by atoms with Gasteiger partial charge >= 0.3 is 0 Å². The molecule has 1 unspecified atom stereocenters. The maximum Gasteiger partial charge on any atom is 0.0805 e. The van der Waals surface area contributed by atoms with Gasteiger partial charge < -0.3 is 15.0 Å². The van der Waals surface area contributed by atoms with Crippen LogP contribution in [-0.4, -0.2) is 30.8 Å². The molecule has 1 heterocycles. The fourth-order valence-electron chi connectivity index (χ4n) is 3.27. The molecule has 0 amide bonds. The summed E-state index contributed by atoms with van der Waals surface area (Å²) in [5.41, 5.74) is 4.06. The van der Waals surface area contributed by atoms with Crippen molar-refractivity contribution in [3.8, 4) is 0 Å². The van der Waals surface area contributed by atoms with Gasteiger partial charge in [0.25, 0.3) is 0 Å². The minimum atomic E-state index is -0.0717. The van der Waals surface area contributed by atoms with E-state index in [0.29, 0.717) is 0 Å². The van der Waals surface area contributed by atoms with Crippen molar-refractivity contribution >= 4 is 5.69 Å². The maximum absolute atomic E-state index is 6.00. The second-order valence-electron chi connectivity index (χ2n) is 7.33. The zero-order valence-corrected chi connectivity index (χ0v) is 13.8. The fraction of sp³-hybridized carbons (Fsp3) is 0.667. The van der Waals surface area contributed by atoms with E-state index in [2.05, 4.69) is 56.1 Å². The molecule has 2 aliphatic rings. The second kappa shape index (κ2) is 5.62. The van der Waals surface area contributed by atoms with E-state index in [1.54, 1.807) is 0 Å². The molecule has 1 atom stereocenters. The number of anilines is 1. The predicted molar refractivity (Wildman–Crippen MR) is 87.9 cm³/mol. The first kappa shape index (κ1) is 14.9. The quantitative estimate of drug-likeness (QED) is 0.920. The predicted octanol–water partition coefficient (Wildman–Crippen LogP) is 3.25. The average Bonchev–Trinajstić information content (AvgIpc) is 3.19. The van der Waals surface area contributed by atoms with Crippen LogP contribution in [0.2, 0.25) is 0 Å². The van der Waals surface area contributed by atoms with Gasteiger partial charge in [0.2, 0.25) is 0 Å². The zero-order chi connectivity index (χ0) is 15.0. The van der Waals surface area contributed by atoms with Crippen LogP contribution >= 0.6 is 0 Å². The van der Waals surface area contributed by atoms with Crippen molar-refractivity contribution in [3.05, 3.63) is 29.3 Å². The smallest absolute Gasteiger partial charge is 0.0805 e. The number of ether oxygens (including phenoxy) is 1. The van der Waals surface area contributed by atoms with Gasteiger partial charge in [-0.15, -0.1) is 0 Å². The number of nitrogens with zero attached hydrogens (tertiary/aromatic N) is 1. The Balaban J connectivity index is 1.71. The summed E-state index contributed by atoms with van der Waals surface area (Å²) >= 11 is 0. The van der Waals surface area contributed by atoms with E-state index >= 15 is 0 Å². The lowest BCUT2D eigenvalue weighted by Gasteiger charge is -2.43. The Bertz CT molecular complexity index is 508. The summed E-state index contributed by atoms with van der Waals surface area (Å²) in [6.45, 7) is 11.7. The summed E-state index contributed by atoms with van der Waals surface area (Å²) in [6.07, 6.45) is 2.97. The minimum Gasteiger partial charge on any atom is -0.369 e. The highest BCUT2D eigenvalue weighted by molar-refractivity contribution is 5.51. The molecule has 0 aromatic heterocycles. The number of hydrogen-bond acceptors (Lipinski definition) is 3. The van der Waals surface area contributed by atoms with Crippen LogP contribution in [0.25, 0.3) is 0 Å². The normalized spacial score (nSPS) is 25.1. The Morgan fingerprint density at radius 1 is 1.33 bits per heavy atom. The van der Waals surface area contributed by atoms with Crippen molar-refractivity contribution in [1.82, 2.24) is 5.32 Å². The highest BCUT2D eigenvalue weighted by Gasteiger charge is 2.31. The van der Waals surface area contributed by atoms with Crippen molar-refractivity contribution in [1.29, 1.82) is 0 Å². The maximum atomic E-state index is 6.00. The van der Waals surface area contributed by atoms with Crippen LogP contribution in [0.5, 0.6) is 0 Å². The highest BCUT2D eigenvalue weighted by Crippen LogP contribution is 2.28. The summed E-state index contributed by atoms with van der Waals surface area (Å²) < 4.78 is 6.00. The largest absolute Gasteiger partial charge is 0.369 e. The molecule has 1 aliphatic heterocycles. The summed E-state index contributed by atoms with van der Waals surface area (Å²) in [5.74, 6) is 0. The molecule has 1 aliphatic carbocycles. The Labute approximate surface area is 128 Å². The molecule has 1 aromatic carbocycles. The third kappa shape index (κ3) is 3.78. The molecule has 3 nitrogen and oxygen atoms in total. The van der Waals surface area contributed by atoms with Gasteiger partial charge in [0.1, 0.15) is 0 Å². The van der Waals surface area contributed by atoms with Crippen LogP contribution in [-0.2, 0) is 11.3 Å². The monoisotopic (exact) mass is 288 g/mol. The molecule has 21 heavy (non-hydrogen) atoms. The van der Waals surface area contributed by atoms with Gasteiger partial charge in [-0.3, -0.25) is 0 Å². The van der Waals surface area contributed by atoms with Crippen LogP contribution in [0.15, 0.2) is 18.2 Å². The van der Waals surface area contributed by atoms with Gasteiger partial charge in [-0.2, -0.15) is 0 Å². The molecule has 1 saturated carbocycles. The van der Waals surface area contributed by atoms with Crippen LogP contribution in [0.4, 0.5) is 5.69 Å². The standard InChI is InChI=1S/C18H28N2O/c1-13-9-17(8-5-15(13)10-19-16-6-7-16)20-11-14(2)21-18(3,4)12-20/h5,8-9,14,16,19H,6-7,10-12H2,1-4H3. The second-order valence-corrected chi connectivity index (χ2v) is 7.33. The molecular weight excluding hydrogens is 260 g/mol. The fourth-order valence-corrected chi connectivity index (χ4v) is 3.27. The Morgan fingerprint density at radius 2 is 2.10 bits per heavy atom. The minimum absolute atomic E-state index is 0.0717. The van der Waals surface area contributed by atoms with Crippen molar-refractivity contribution in [2.75, 3.05) is 18.0 Å². The van der Waals surface area contributed by atoms with Crippen LogP contribution in [0.3, 0.4) is 0 Å². The molecule has 0 bridgehead atoms. The third-order valence-corrected chi connectivity index (χ3v) is 4.42. The molecular formula is C18H28N2O. The van der Waals surface area contributed by atoms with E-state index in [9.17, 15) is 0 Å². The molecule has 3 rings (SSSR count). The average molecular weight is 288 g/mol. The Hall–Kier alpha value is -1.06. The molecule has 0 spiro atoms. The topological polar surface area (TPSA) is 24.5 Å². The van der Waals surface area contributed by atoms with Crippen molar-refractivity contribution in [2.24, 2.45) is 0 Å². The zero-order valence-electron chi connectivity index (χ0n) is 13.8. The molecule has 116 valence electrons. The summed E-state index contributed by atoms with van der Waals surface area (Å²) in [6, 6.07) is 7.65. The number of benzene rings is 1. The van der Waals surface area contributed by atoms with Crippen molar-refractivity contribution in [3.63, 3.8) is 0 Å².